The van der Waals surface area contributed by atoms with Crippen LogP contribution in [0.3, 0.4) is 0 Å². The molecule has 0 aromatic carbocycles. The minimum atomic E-state index is 0.0897. The normalized spacial score (nSPS) is 28.8. The van der Waals surface area contributed by atoms with E-state index in [9.17, 15) is 4.79 Å². The zero-order chi connectivity index (χ0) is 11.8. The Hall–Kier alpha value is -1.03. The van der Waals surface area contributed by atoms with Crippen molar-refractivity contribution >= 4 is 17.7 Å². The molecule has 2 atom stereocenters. The Balaban J connectivity index is 1.83. The Bertz CT molecular complexity index is 419. The first-order valence-electron chi connectivity index (χ1n) is 6.11. The molecule has 2 fully saturated rings. The van der Waals surface area contributed by atoms with Crippen LogP contribution in [0.25, 0.3) is 0 Å². The second-order valence-corrected chi connectivity index (χ2v) is 6.27. The minimum absolute atomic E-state index is 0.0897. The number of hydrogen-bond donors (Lipinski definition) is 0. The van der Waals surface area contributed by atoms with E-state index in [0.29, 0.717) is 5.91 Å². The second kappa shape index (κ2) is 4.33. The predicted molar refractivity (Wildman–Crippen MR) is 68.5 cm³/mol. The summed E-state index contributed by atoms with van der Waals surface area (Å²) in [5.41, 5.74) is 1.20. The molecule has 1 saturated carbocycles. The molecule has 1 saturated heterocycles. The molecule has 2 unspecified atom stereocenters. The molecule has 0 bridgehead atoms. The lowest BCUT2D eigenvalue weighted by Gasteiger charge is -2.23. The molecule has 1 aliphatic carbocycles. The average molecular weight is 248 g/mol. The Kier molecular flexibility index (Phi) is 2.82. The topological polar surface area (TPSA) is 33.2 Å². The van der Waals surface area contributed by atoms with Crippen molar-refractivity contribution < 1.29 is 4.79 Å². The van der Waals surface area contributed by atoms with Crippen LogP contribution in [0.4, 0.5) is 0 Å². The van der Waals surface area contributed by atoms with Gasteiger partial charge in [-0.2, -0.15) is 0 Å². The van der Waals surface area contributed by atoms with E-state index in [-0.39, 0.29) is 10.6 Å². The van der Waals surface area contributed by atoms with E-state index in [0.717, 1.165) is 12.5 Å². The van der Waals surface area contributed by atoms with Gasteiger partial charge in [0.2, 0.25) is 5.91 Å². The third kappa shape index (κ3) is 2.18. The molecule has 17 heavy (non-hydrogen) atoms. The first kappa shape index (κ1) is 11.1. The molecular weight excluding hydrogens is 232 g/mol. The van der Waals surface area contributed by atoms with Crippen LogP contribution in [0, 0.1) is 5.92 Å². The van der Waals surface area contributed by atoms with Crippen molar-refractivity contribution in [3.63, 3.8) is 0 Å². The number of amides is 1. The average Bonchev–Trinajstić information content (AvgIpc) is 3.13. The Morgan fingerprint density at radius 1 is 1.41 bits per heavy atom. The lowest BCUT2D eigenvalue weighted by atomic mass is 10.2. The number of hydrogen-bond acceptors (Lipinski definition) is 3. The van der Waals surface area contributed by atoms with Crippen LogP contribution in [0.1, 0.15) is 30.7 Å². The highest BCUT2D eigenvalue weighted by Gasteiger charge is 2.40. The predicted octanol–water partition coefficient (Wildman–Crippen LogP) is 2.45. The van der Waals surface area contributed by atoms with Crippen LogP contribution in [0.2, 0.25) is 0 Å². The van der Waals surface area contributed by atoms with E-state index in [1.807, 2.05) is 19.1 Å². The van der Waals surface area contributed by atoms with Crippen molar-refractivity contribution in [2.24, 2.45) is 5.92 Å². The molecule has 1 aromatic rings. The smallest absolute Gasteiger partial charge is 0.236 e. The van der Waals surface area contributed by atoms with Gasteiger partial charge < -0.3 is 4.90 Å². The van der Waals surface area contributed by atoms with Gasteiger partial charge in [0.1, 0.15) is 5.37 Å². The maximum absolute atomic E-state index is 12.1. The molecule has 90 valence electrons. The molecular formula is C13H16N2OS. The number of carbonyl (C=O) groups excluding carboxylic acids is 1. The van der Waals surface area contributed by atoms with Gasteiger partial charge in [-0.1, -0.05) is 0 Å². The van der Waals surface area contributed by atoms with Crippen molar-refractivity contribution in [3.05, 3.63) is 30.1 Å². The molecule has 0 N–H and O–H groups in total. The summed E-state index contributed by atoms with van der Waals surface area (Å²) in [6, 6.07) is 4.03. The Morgan fingerprint density at radius 2 is 2.12 bits per heavy atom. The van der Waals surface area contributed by atoms with E-state index in [4.69, 9.17) is 0 Å². The third-order valence-electron chi connectivity index (χ3n) is 3.39. The van der Waals surface area contributed by atoms with Gasteiger partial charge in [-0.25, -0.2) is 0 Å². The highest BCUT2D eigenvalue weighted by Crippen LogP contribution is 2.45. The Morgan fingerprint density at radius 3 is 2.76 bits per heavy atom. The first-order valence-corrected chi connectivity index (χ1v) is 7.06. The van der Waals surface area contributed by atoms with Crippen molar-refractivity contribution in [1.29, 1.82) is 0 Å². The fourth-order valence-corrected chi connectivity index (χ4v) is 3.51. The summed E-state index contributed by atoms with van der Waals surface area (Å²) in [6.45, 7) is 2.94. The maximum Gasteiger partial charge on any atom is 0.236 e. The minimum Gasteiger partial charge on any atom is -0.325 e. The monoisotopic (exact) mass is 248 g/mol. The van der Waals surface area contributed by atoms with Gasteiger partial charge in [0.15, 0.2) is 0 Å². The quantitative estimate of drug-likeness (QED) is 0.824. The number of aromatic nitrogens is 1. The van der Waals surface area contributed by atoms with Crippen LogP contribution < -0.4 is 0 Å². The zero-order valence-corrected chi connectivity index (χ0v) is 10.7. The standard InChI is InChI=1S/C13H16N2OS/c1-9-12(16)15(8-10-2-3-10)13(17-9)11-4-6-14-7-5-11/h4-7,9-10,13H,2-3,8H2,1H3. The molecule has 3 nitrogen and oxygen atoms in total. The van der Waals surface area contributed by atoms with Gasteiger partial charge in [0.25, 0.3) is 0 Å². The Labute approximate surface area is 106 Å². The zero-order valence-electron chi connectivity index (χ0n) is 9.87. The molecule has 3 rings (SSSR count). The summed E-state index contributed by atoms with van der Waals surface area (Å²) in [4.78, 5) is 18.2. The van der Waals surface area contributed by atoms with Gasteiger partial charge in [-0.05, 0) is 43.4 Å². The van der Waals surface area contributed by atoms with Crippen LogP contribution >= 0.6 is 11.8 Å². The lowest BCUT2D eigenvalue weighted by Crippen LogP contribution is -2.32. The van der Waals surface area contributed by atoms with Crippen LogP contribution in [0.5, 0.6) is 0 Å². The highest BCUT2D eigenvalue weighted by molar-refractivity contribution is 8.01. The SMILES string of the molecule is CC1SC(c2ccncc2)N(CC2CC2)C1=O. The van der Waals surface area contributed by atoms with Gasteiger partial charge in [0, 0.05) is 18.9 Å². The van der Waals surface area contributed by atoms with Crippen molar-refractivity contribution in [2.75, 3.05) is 6.54 Å². The van der Waals surface area contributed by atoms with Gasteiger partial charge in [-0.15, -0.1) is 11.8 Å². The molecule has 1 amide bonds. The van der Waals surface area contributed by atoms with Gasteiger partial charge >= 0.3 is 0 Å². The van der Waals surface area contributed by atoms with Crippen molar-refractivity contribution in [3.8, 4) is 0 Å². The third-order valence-corrected chi connectivity index (χ3v) is 4.78. The summed E-state index contributed by atoms with van der Waals surface area (Å²) in [5.74, 6) is 1.04. The van der Waals surface area contributed by atoms with E-state index in [2.05, 4.69) is 9.88 Å². The first-order chi connectivity index (χ1) is 8.25. The molecule has 4 heteroatoms. The van der Waals surface area contributed by atoms with Crippen molar-refractivity contribution in [1.82, 2.24) is 9.88 Å². The fourth-order valence-electron chi connectivity index (χ4n) is 2.23. The van der Waals surface area contributed by atoms with E-state index in [1.54, 1.807) is 24.2 Å². The fraction of sp³-hybridized carbons (Fsp3) is 0.538. The molecule has 0 spiro atoms. The van der Waals surface area contributed by atoms with E-state index >= 15 is 0 Å². The maximum atomic E-state index is 12.1. The van der Waals surface area contributed by atoms with E-state index < -0.39 is 0 Å². The summed E-state index contributed by atoms with van der Waals surface area (Å²) in [5, 5.41) is 0.285. The van der Waals surface area contributed by atoms with Crippen LogP contribution in [-0.4, -0.2) is 27.6 Å². The molecule has 1 aromatic heterocycles. The number of carbonyl (C=O) groups is 1. The van der Waals surface area contributed by atoms with Gasteiger partial charge in [0.05, 0.1) is 5.25 Å². The van der Waals surface area contributed by atoms with Crippen LogP contribution in [0.15, 0.2) is 24.5 Å². The lowest BCUT2D eigenvalue weighted by molar-refractivity contribution is -0.130. The van der Waals surface area contributed by atoms with Gasteiger partial charge in [-0.3, -0.25) is 9.78 Å². The number of pyridine rings is 1. The number of rotatable bonds is 3. The number of nitrogens with zero attached hydrogens (tertiary/aromatic N) is 2. The summed E-state index contributed by atoms with van der Waals surface area (Å²) in [6.07, 6.45) is 6.18. The van der Waals surface area contributed by atoms with Crippen LogP contribution in [-0.2, 0) is 4.79 Å². The second-order valence-electron chi connectivity index (χ2n) is 4.85. The highest BCUT2D eigenvalue weighted by atomic mass is 32.2. The largest absolute Gasteiger partial charge is 0.325 e. The summed E-state index contributed by atoms with van der Waals surface area (Å²) < 4.78 is 0. The molecule has 1 aliphatic heterocycles. The molecule has 2 heterocycles. The summed E-state index contributed by atoms with van der Waals surface area (Å²) >= 11 is 1.75. The summed E-state index contributed by atoms with van der Waals surface area (Å²) in [7, 11) is 0. The van der Waals surface area contributed by atoms with Crippen molar-refractivity contribution in [2.45, 2.75) is 30.4 Å². The number of thioether (sulfide) groups is 1. The molecule has 2 aliphatic rings. The molecule has 0 radical (unpaired) electrons. The van der Waals surface area contributed by atoms with E-state index in [1.165, 1.54) is 18.4 Å².